The van der Waals surface area contributed by atoms with Crippen molar-refractivity contribution >= 4 is 90.0 Å². The maximum atomic E-state index is 12.5. The molecular formula is C30H42N4O2S6. The third kappa shape index (κ3) is 13.5. The molecule has 2 amide bonds. The Morgan fingerprint density at radius 1 is 0.619 bits per heavy atom. The van der Waals surface area contributed by atoms with Gasteiger partial charge in [0.2, 0.25) is 0 Å². The van der Waals surface area contributed by atoms with Crippen LogP contribution in [0.1, 0.15) is 59.5 Å². The van der Waals surface area contributed by atoms with E-state index in [9.17, 15) is 9.59 Å². The average Bonchev–Trinajstić information content (AvgIpc) is 3.01. The van der Waals surface area contributed by atoms with E-state index in [0.29, 0.717) is 24.2 Å². The molecule has 0 saturated heterocycles. The molecular weight excluding hydrogens is 641 g/mol. The van der Waals surface area contributed by atoms with Gasteiger partial charge in [-0.1, -0.05) is 93.8 Å². The van der Waals surface area contributed by atoms with Crippen LogP contribution in [0.3, 0.4) is 0 Å². The van der Waals surface area contributed by atoms with Gasteiger partial charge in [-0.3, -0.25) is 9.59 Å². The lowest BCUT2D eigenvalue weighted by Crippen LogP contribution is -2.26. The molecule has 6 nitrogen and oxygen atoms in total. The Balaban J connectivity index is 1.57. The molecule has 12 heteroatoms. The number of amides is 2. The van der Waals surface area contributed by atoms with E-state index in [1.165, 1.54) is 0 Å². The minimum Gasteiger partial charge on any atom is -0.358 e. The molecule has 0 aliphatic heterocycles. The van der Waals surface area contributed by atoms with Gasteiger partial charge in [-0.25, -0.2) is 0 Å². The molecule has 2 aromatic rings. The van der Waals surface area contributed by atoms with Gasteiger partial charge in [0.05, 0.1) is 0 Å². The molecule has 0 radical (unpaired) electrons. The number of hydrogen-bond acceptors (Lipinski definition) is 8. The molecule has 0 fully saturated rings. The topological polar surface area (TPSA) is 64.7 Å². The number of thiocarbonyl (C=S) groups is 2. The van der Waals surface area contributed by atoms with Gasteiger partial charge in [-0.15, -0.1) is 0 Å². The predicted molar refractivity (Wildman–Crippen MR) is 196 cm³/mol. The number of hydrogen-bond donors (Lipinski definition) is 2. The molecule has 0 spiro atoms. The lowest BCUT2D eigenvalue weighted by atomic mass is 10.1. The van der Waals surface area contributed by atoms with E-state index in [0.717, 1.165) is 69.0 Å². The summed E-state index contributed by atoms with van der Waals surface area (Å²) in [6, 6.07) is 15.4. The second-order valence-electron chi connectivity index (χ2n) is 9.00. The highest BCUT2D eigenvalue weighted by Crippen LogP contribution is 2.20. The lowest BCUT2D eigenvalue weighted by molar-refractivity contribution is 0.0948. The van der Waals surface area contributed by atoms with Crippen molar-refractivity contribution in [2.45, 2.75) is 39.2 Å². The molecule has 0 heterocycles. The highest BCUT2D eigenvalue weighted by Gasteiger charge is 2.10. The summed E-state index contributed by atoms with van der Waals surface area (Å²) in [6.07, 6.45) is 0. The lowest BCUT2D eigenvalue weighted by Gasteiger charge is -2.20. The monoisotopic (exact) mass is 682 g/mol. The van der Waals surface area contributed by atoms with Crippen molar-refractivity contribution in [1.82, 2.24) is 20.4 Å². The van der Waals surface area contributed by atoms with Crippen LogP contribution in [0.15, 0.2) is 48.5 Å². The van der Waals surface area contributed by atoms with Crippen LogP contribution < -0.4 is 10.6 Å². The quantitative estimate of drug-likeness (QED) is 0.104. The molecule has 0 aliphatic carbocycles. The molecule has 0 saturated carbocycles. The highest BCUT2D eigenvalue weighted by atomic mass is 33.1. The van der Waals surface area contributed by atoms with Gasteiger partial charge in [0.15, 0.2) is 0 Å². The van der Waals surface area contributed by atoms with E-state index >= 15 is 0 Å². The molecule has 2 aromatic carbocycles. The van der Waals surface area contributed by atoms with Crippen molar-refractivity contribution in [3.63, 3.8) is 0 Å². The highest BCUT2D eigenvalue weighted by molar-refractivity contribution is 8.76. The Hall–Kier alpha value is -1.44. The van der Waals surface area contributed by atoms with E-state index in [1.807, 2.05) is 48.5 Å². The number of thioether (sulfide) groups is 2. The van der Waals surface area contributed by atoms with Crippen molar-refractivity contribution in [3.8, 4) is 0 Å². The SMILES string of the molecule is CCN(CC)C(=S)SCc1ccc(C(=O)NCCSSCCNC(=O)c2ccc(CSC(=S)N(CC)CC)cc2)cc1. The Bertz CT molecular complexity index is 1030. The predicted octanol–water partition coefficient (Wildman–Crippen LogP) is 6.95. The number of benzene rings is 2. The molecule has 2 rings (SSSR count). The molecule has 0 bridgehead atoms. The van der Waals surface area contributed by atoms with Crippen molar-refractivity contribution in [1.29, 1.82) is 0 Å². The number of rotatable bonds is 17. The number of nitrogens with one attached hydrogen (secondary N) is 2. The molecule has 42 heavy (non-hydrogen) atoms. The minimum absolute atomic E-state index is 0.0676. The summed E-state index contributed by atoms with van der Waals surface area (Å²) < 4.78 is 1.82. The first-order valence-electron chi connectivity index (χ1n) is 14.1. The maximum absolute atomic E-state index is 12.5. The number of nitrogens with zero attached hydrogens (tertiary/aromatic N) is 2. The summed E-state index contributed by atoms with van der Waals surface area (Å²) in [4.78, 5) is 29.2. The van der Waals surface area contributed by atoms with Crippen molar-refractivity contribution in [2.24, 2.45) is 0 Å². The van der Waals surface area contributed by atoms with E-state index in [4.69, 9.17) is 24.4 Å². The third-order valence-corrected chi connectivity index (χ3v) is 11.8. The summed E-state index contributed by atoms with van der Waals surface area (Å²) in [5, 5.41) is 5.95. The first-order chi connectivity index (χ1) is 20.3. The fourth-order valence-electron chi connectivity index (χ4n) is 3.68. The summed E-state index contributed by atoms with van der Waals surface area (Å²) in [5.41, 5.74) is 3.61. The van der Waals surface area contributed by atoms with Gasteiger partial charge in [0.25, 0.3) is 11.8 Å². The summed E-state index contributed by atoms with van der Waals surface area (Å²) in [5.74, 6) is 3.04. The fraction of sp³-hybridized carbons (Fsp3) is 0.467. The largest absolute Gasteiger partial charge is 0.358 e. The smallest absolute Gasteiger partial charge is 0.251 e. The van der Waals surface area contributed by atoms with E-state index in [1.54, 1.807) is 45.1 Å². The second-order valence-corrected chi connectivity index (χ2v) is 14.9. The summed E-state index contributed by atoms with van der Waals surface area (Å²) >= 11 is 14.3. The van der Waals surface area contributed by atoms with Gasteiger partial charge in [-0.05, 0) is 63.1 Å². The molecule has 0 aromatic heterocycles. The Morgan fingerprint density at radius 3 is 1.26 bits per heavy atom. The number of carbonyl (C=O) groups is 2. The Morgan fingerprint density at radius 2 is 0.952 bits per heavy atom. The number of carbonyl (C=O) groups excluding carboxylic acids is 2. The zero-order valence-electron chi connectivity index (χ0n) is 24.9. The first-order valence-corrected chi connectivity index (χ1v) is 19.4. The van der Waals surface area contributed by atoms with Crippen LogP contribution in [-0.2, 0) is 11.5 Å². The minimum atomic E-state index is -0.0676. The van der Waals surface area contributed by atoms with Crippen LogP contribution in [-0.4, -0.2) is 81.0 Å². The van der Waals surface area contributed by atoms with Crippen molar-refractivity contribution < 1.29 is 9.59 Å². The standard InChI is InChI=1S/C30H42N4O2S6/c1-5-33(6-2)29(37)39-21-23-9-13-25(14-10-23)27(35)31-17-19-41-42-20-18-32-28(36)26-15-11-24(12-16-26)22-40-30(38)34(7-3)8-4/h9-16H,5-8,17-22H2,1-4H3,(H,31,35)(H,32,36). The molecule has 2 N–H and O–H groups in total. The van der Waals surface area contributed by atoms with Crippen LogP contribution >= 0.6 is 69.5 Å². The van der Waals surface area contributed by atoms with E-state index < -0.39 is 0 Å². The van der Waals surface area contributed by atoms with Gasteiger partial charge in [0, 0.05) is 73.4 Å². The fourth-order valence-corrected chi connectivity index (χ4v) is 8.21. The summed E-state index contributed by atoms with van der Waals surface area (Å²) in [7, 11) is 3.37. The van der Waals surface area contributed by atoms with Crippen LogP contribution in [0, 0.1) is 0 Å². The molecule has 0 atom stereocenters. The van der Waals surface area contributed by atoms with Crippen molar-refractivity contribution in [2.75, 3.05) is 50.8 Å². The van der Waals surface area contributed by atoms with Crippen LogP contribution in [0.4, 0.5) is 0 Å². The molecule has 230 valence electrons. The molecule has 0 aliphatic rings. The van der Waals surface area contributed by atoms with Gasteiger partial charge in [-0.2, -0.15) is 0 Å². The van der Waals surface area contributed by atoms with Gasteiger partial charge < -0.3 is 20.4 Å². The van der Waals surface area contributed by atoms with Crippen LogP contribution in [0.2, 0.25) is 0 Å². The van der Waals surface area contributed by atoms with E-state index in [2.05, 4.69) is 48.1 Å². The van der Waals surface area contributed by atoms with Gasteiger partial charge in [0.1, 0.15) is 8.64 Å². The Labute approximate surface area is 279 Å². The van der Waals surface area contributed by atoms with Crippen molar-refractivity contribution in [3.05, 3.63) is 70.8 Å². The Kier molecular flexibility index (Phi) is 18.6. The van der Waals surface area contributed by atoms with Crippen LogP contribution in [0.5, 0.6) is 0 Å². The zero-order valence-corrected chi connectivity index (χ0v) is 29.7. The third-order valence-electron chi connectivity index (χ3n) is 6.23. The summed E-state index contributed by atoms with van der Waals surface area (Å²) in [6.45, 7) is 13.3. The van der Waals surface area contributed by atoms with E-state index in [-0.39, 0.29) is 11.8 Å². The second kappa shape index (κ2) is 21.3. The molecule has 0 unspecified atom stereocenters. The maximum Gasteiger partial charge on any atom is 0.251 e. The zero-order chi connectivity index (χ0) is 30.7. The van der Waals surface area contributed by atoms with Gasteiger partial charge >= 0.3 is 0 Å². The first kappa shape index (κ1) is 36.8. The average molecular weight is 683 g/mol. The normalized spacial score (nSPS) is 10.7. The van der Waals surface area contributed by atoms with Crippen LogP contribution in [0.25, 0.3) is 0 Å².